The molecule has 0 spiro atoms. The molecule has 0 aromatic heterocycles. The number of halogens is 1. The lowest BCUT2D eigenvalue weighted by Gasteiger charge is -2.14. The van der Waals surface area contributed by atoms with E-state index in [0.29, 0.717) is 0 Å². The Morgan fingerprint density at radius 2 is 2.17 bits per heavy atom. The van der Waals surface area contributed by atoms with E-state index in [2.05, 4.69) is 0 Å². The molecule has 1 aromatic carbocycles. The Balaban J connectivity index is 3.12. The molecule has 0 saturated heterocycles. The fourth-order valence-electron chi connectivity index (χ4n) is 1.56. The van der Waals surface area contributed by atoms with Gasteiger partial charge in [-0.2, -0.15) is 0 Å². The van der Waals surface area contributed by atoms with E-state index >= 15 is 0 Å². The van der Waals surface area contributed by atoms with Crippen LogP contribution in [0, 0.1) is 21.8 Å². The van der Waals surface area contributed by atoms with Crippen LogP contribution >= 0.6 is 0 Å². The molecule has 0 heterocycles. The number of carbonyl (C=O) groups excluding carboxylic acids is 1. The smallest absolute Gasteiger partial charge is 0.269 e. The van der Waals surface area contributed by atoms with Gasteiger partial charge in [-0.15, -0.1) is 0 Å². The summed E-state index contributed by atoms with van der Waals surface area (Å²) < 4.78 is 13.6. The van der Waals surface area contributed by atoms with Gasteiger partial charge in [0.15, 0.2) is 0 Å². The van der Waals surface area contributed by atoms with Crippen LogP contribution in [0.3, 0.4) is 0 Å². The van der Waals surface area contributed by atoms with E-state index in [1.165, 1.54) is 0 Å². The number of carbonyl (C=O) groups is 1. The van der Waals surface area contributed by atoms with Gasteiger partial charge >= 0.3 is 0 Å². The summed E-state index contributed by atoms with van der Waals surface area (Å²) in [7, 11) is 0. The molecule has 1 radical (unpaired) electrons. The molecule has 6 nitrogen and oxygen atoms in total. The van der Waals surface area contributed by atoms with Crippen molar-refractivity contribution in [3.63, 3.8) is 0 Å². The number of aliphatic hydroxyl groups excluding tert-OH is 1. The second-order valence-electron chi connectivity index (χ2n) is 3.64. The topological polar surface area (TPSA) is 106 Å². The van der Waals surface area contributed by atoms with Gasteiger partial charge in [0.25, 0.3) is 5.69 Å². The molecule has 0 saturated carbocycles. The monoisotopic (exact) mass is 255 g/mol. The predicted octanol–water partition coefficient (Wildman–Crippen LogP) is 0.914. The maximum Gasteiger partial charge on any atom is 0.269 e. The highest BCUT2D eigenvalue weighted by Gasteiger charge is 2.21. The van der Waals surface area contributed by atoms with Gasteiger partial charge < -0.3 is 10.8 Å². The van der Waals surface area contributed by atoms with Crippen LogP contribution < -0.4 is 5.73 Å². The summed E-state index contributed by atoms with van der Waals surface area (Å²) >= 11 is 0. The zero-order valence-electron chi connectivity index (χ0n) is 9.43. The van der Waals surface area contributed by atoms with Gasteiger partial charge in [0, 0.05) is 36.6 Å². The third-order valence-corrected chi connectivity index (χ3v) is 2.34. The minimum Gasteiger partial charge on any atom is -0.396 e. The van der Waals surface area contributed by atoms with Crippen molar-refractivity contribution in [2.45, 2.75) is 12.8 Å². The first kappa shape index (κ1) is 14.0. The molecule has 0 atom stereocenters. The average Bonchev–Trinajstić information content (AvgIpc) is 2.28. The van der Waals surface area contributed by atoms with Gasteiger partial charge in [-0.3, -0.25) is 14.9 Å². The van der Waals surface area contributed by atoms with Crippen molar-refractivity contribution < 1.29 is 19.2 Å². The Kier molecular flexibility index (Phi) is 4.73. The average molecular weight is 255 g/mol. The molecule has 0 unspecified atom stereocenters. The third kappa shape index (κ3) is 3.49. The standard InChI is InChI=1S/C11H12FN2O4/c12-10-2-1-8(14(17)18)6-9(10)7(3-4-15)5-11(13)16/h1-2,6,15H,3-5H2,(H2,13,16). The van der Waals surface area contributed by atoms with E-state index in [-0.39, 0.29) is 36.6 Å². The summed E-state index contributed by atoms with van der Waals surface area (Å²) in [6.45, 7) is -0.301. The quantitative estimate of drug-likeness (QED) is 0.582. The van der Waals surface area contributed by atoms with Crippen molar-refractivity contribution in [3.8, 4) is 0 Å². The number of benzene rings is 1. The summed E-state index contributed by atoms with van der Waals surface area (Å²) in [5, 5.41) is 19.5. The van der Waals surface area contributed by atoms with E-state index in [1.807, 2.05) is 0 Å². The molecule has 7 heteroatoms. The zero-order valence-corrected chi connectivity index (χ0v) is 9.43. The van der Waals surface area contributed by atoms with Crippen molar-refractivity contribution in [2.75, 3.05) is 6.61 Å². The molecule has 0 fully saturated rings. The van der Waals surface area contributed by atoms with E-state index < -0.39 is 16.6 Å². The molecule has 1 aromatic rings. The summed E-state index contributed by atoms with van der Waals surface area (Å²) in [4.78, 5) is 20.8. The van der Waals surface area contributed by atoms with Crippen LogP contribution in [0.5, 0.6) is 0 Å². The van der Waals surface area contributed by atoms with Crippen molar-refractivity contribution >= 4 is 11.6 Å². The van der Waals surface area contributed by atoms with Gasteiger partial charge in [-0.05, 0) is 12.5 Å². The molecule has 1 rings (SSSR count). The van der Waals surface area contributed by atoms with E-state index in [1.54, 1.807) is 0 Å². The molecule has 97 valence electrons. The van der Waals surface area contributed by atoms with Crippen LogP contribution in [0.1, 0.15) is 18.4 Å². The van der Waals surface area contributed by atoms with Crippen molar-refractivity contribution in [3.05, 3.63) is 45.6 Å². The normalized spacial score (nSPS) is 10.6. The van der Waals surface area contributed by atoms with Crippen LogP contribution in [-0.2, 0) is 4.79 Å². The van der Waals surface area contributed by atoms with Crippen LogP contribution in [0.2, 0.25) is 0 Å². The summed E-state index contributed by atoms with van der Waals surface area (Å²) in [5.41, 5.74) is 4.67. The molecule has 3 N–H and O–H groups in total. The largest absolute Gasteiger partial charge is 0.396 e. The predicted molar refractivity (Wildman–Crippen MR) is 60.9 cm³/mol. The number of nitrogens with two attached hydrogens (primary N) is 1. The van der Waals surface area contributed by atoms with Gasteiger partial charge in [0.2, 0.25) is 5.91 Å². The minimum atomic E-state index is -0.690. The minimum absolute atomic E-state index is 0.0288. The fraction of sp³-hybridized carbons (Fsp3) is 0.273. The number of nitrogens with zero attached hydrogens (tertiary/aromatic N) is 1. The van der Waals surface area contributed by atoms with Crippen molar-refractivity contribution in [1.29, 1.82) is 0 Å². The maximum absolute atomic E-state index is 13.6. The first-order valence-electron chi connectivity index (χ1n) is 5.14. The van der Waals surface area contributed by atoms with Crippen LogP contribution in [-0.4, -0.2) is 22.5 Å². The molecule has 0 aliphatic rings. The lowest BCUT2D eigenvalue weighted by atomic mass is 9.91. The van der Waals surface area contributed by atoms with Gasteiger partial charge in [0.05, 0.1) is 4.92 Å². The SMILES string of the molecule is NC(=O)C[C](CCO)c1cc([N+](=O)[O-])ccc1F. The molecule has 18 heavy (non-hydrogen) atoms. The van der Waals surface area contributed by atoms with Crippen LogP contribution in [0.25, 0.3) is 0 Å². The number of nitro groups is 1. The highest BCUT2D eigenvalue weighted by atomic mass is 19.1. The summed E-state index contributed by atoms with van der Waals surface area (Å²) in [6, 6.07) is 3.01. The number of hydrogen-bond acceptors (Lipinski definition) is 4. The number of primary amides is 1. The number of hydrogen-bond donors (Lipinski definition) is 2. The van der Waals surface area contributed by atoms with Gasteiger partial charge in [0.1, 0.15) is 5.82 Å². The Bertz CT molecular complexity index is 464. The molecule has 0 bridgehead atoms. The van der Waals surface area contributed by atoms with Crippen LogP contribution in [0.4, 0.5) is 10.1 Å². The highest BCUT2D eigenvalue weighted by molar-refractivity contribution is 5.77. The first-order chi connectivity index (χ1) is 8.45. The Labute approximate surface area is 102 Å². The van der Waals surface area contributed by atoms with Crippen LogP contribution in [0.15, 0.2) is 18.2 Å². The van der Waals surface area contributed by atoms with Crippen molar-refractivity contribution in [1.82, 2.24) is 0 Å². The number of aliphatic hydroxyl groups is 1. The number of non-ortho nitro benzene ring substituents is 1. The Morgan fingerprint density at radius 3 is 2.67 bits per heavy atom. The third-order valence-electron chi connectivity index (χ3n) is 2.34. The lowest BCUT2D eigenvalue weighted by Crippen LogP contribution is -2.17. The number of nitro benzene ring substituents is 1. The number of rotatable bonds is 6. The highest BCUT2D eigenvalue weighted by Crippen LogP contribution is 2.28. The van der Waals surface area contributed by atoms with E-state index in [4.69, 9.17) is 10.8 Å². The van der Waals surface area contributed by atoms with Crippen molar-refractivity contribution in [2.24, 2.45) is 5.73 Å². The molecule has 1 amide bonds. The maximum atomic E-state index is 13.6. The fourth-order valence-corrected chi connectivity index (χ4v) is 1.56. The Morgan fingerprint density at radius 1 is 1.50 bits per heavy atom. The van der Waals surface area contributed by atoms with E-state index in [0.717, 1.165) is 18.2 Å². The molecule has 0 aliphatic carbocycles. The molecular weight excluding hydrogens is 243 g/mol. The van der Waals surface area contributed by atoms with Gasteiger partial charge in [-0.1, -0.05) is 0 Å². The second kappa shape index (κ2) is 6.06. The summed E-state index contributed by atoms with van der Waals surface area (Å²) in [5.74, 6) is -1.14. The zero-order chi connectivity index (χ0) is 13.7. The van der Waals surface area contributed by atoms with Gasteiger partial charge in [-0.25, -0.2) is 4.39 Å². The molecular formula is C11H12FN2O4. The Hall–Kier alpha value is -2.02. The second-order valence-corrected chi connectivity index (χ2v) is 3.64. The lowest BCUT2D eigenvalue weighted by molar-refractivity contribution is -0.385. The van der Waals surface area contributed by atoms with E-state index in [9.17, 15) is 19.3 Å². The first-order valence-corrected chi connectivity index (χ1v) is 5.14. The molecule has 0 aliphatic heterocycles. The number of amides is 1. The summed E-state index contributed by atoms with van der Waals surface area (Å²) in [6.07, 6.45) is -0.223.